The largest absolute Gasteiger partial charge is 0.357 e. The quantitative estimate of drug-likeness (QED) is 0.704. The van der Waals surface area contributed by atoms with Crippen LogP contribution in [0.4, 0.5) is 5.82 Å². The summed E-state index contributed by atoms with van der Waals surface area (Å²) in [5.74, 6) is -0.594. The molecule has 2 rings (SSSR count). The van der Waals surface area contributed by atoms with Crippen molar-refractivity contribution in [2.75, 3.05) is 5.32 Å². The minimum absolute atomic E-state index is 0.0976. The highest BCUT2D eigenvalue weighted by Gasteiger charge is 2.20. The Bertz CT molecular complexity index is 671. The van der Waals surface area contributed by atoms with E-state index in [-0.39, 0.29) is 10.7 Å². The summed E-state index contributed by atoms with van der Waals surface area (Å²) in [4.78, 5) is 14.2. The van der Waals surface area contributed by atoms with Gasteiger partial charge < -0.3 is 10.3 Å². The summed E-state index contributed by atoms with van der Waals surface area (Å²) in [6, 6.07) is 3.20. The number of aryl methyl sites for hydroxylation is 1. The molecule has 0 atom stereocenters. The Morgan fingerprint density at radius 2 is 2.28 bits per heavy atom. The van der Waals surface area contributed by atoms with Crippen molar-refractivity contribution in [2.24, 2.45) is 12.2 Å². The van der Waals surface area contributed by atoms with E-state index in [4.69, 9.17) is 5.14 Å². The van der Waals surface area contributed by atoms with Gasteiger partial charge in [0.25, 0.3) is 5.91 Å². The van der Waals surface area contributed by atoms with Crippen LogP contribution in [0.25, 0.3) is 0 Å². The normalized spacial score (nSPS) is 11.4. The van der Waals surface area contributed by atoms with Gasteiger partial charge in [0.1, 0.15) is 10.6 Å². The number of aromatic amines is 1. The predicted molar refractivity (Wildman–Crippen MR) is 63.3 cm³/mol. The van der Waals surface area contributed by atoms with Gasteiger partial charge in [0.05, 0.1) is 0 Å². The van der Waals surface area contributed by atoms with E-state index >= 15 is 0 Å². The molecule has 0 aliphatic carbocycles. The number of nitrogens with one attached hydrogen (secondary N) is 2. The minimum Gasteiger partial charge on any atom is -0.357 e. The van der Waals surface area contributed by atoms with E-state index in [1.54, 1.807) is 18.3 Å². The fraction of sp³-hybridized carbons (Fsp3) is 0.111. The van der Waals surface area contributed by atoms with Gasteiger partial charge in [-0.15, -0.1) is 0 Å². The van der Waals surface area contributed by atoms with Crippen molar-refractivity contribution in [3.63, 3.8) is 0 Å². The highest BCUT2D eigenvalue weighted by atomic mass is 32.2. The molecule has 0 bridgehead atoms. The van der Waals surface area contributed by atoms with Crippen LogP contribution < -0.4 is 10.5 Å². The number of nitrogens with zero attached hydrogens (tertiary/aromatic N) is 2. The lowest BCUT2D eigenvalue weighted by Crippen LogP contribution is -2.18. The number of anilines is 1. The summed E-state index contributed by atoms with van der Waals surface area (Å²) >= 11 is 0. The van der Waals surface area contributed by atoms with Gasteiger partial charge in [-0.1, -0.05) is 0 Å². The topological polar surface area (TPSA) is 123 Å². The van der Waals surface area contributed by atoms with E-state index in [9.17, 15) is 13.2 Å². The van der Waals surface area contributed by atoms with Gasteiger partial charge >= 0.3 is 0 Å². The van der Waals surface area contributed by atoms with E-state index in [1.807, 2.05) is 0 Å². The standard InChI is InChI=1S/C9H11N5O3S/c1-14-5-7(18(10,16)17)8(13-14)12-9(15)6-3-2-4-11-6/h2-5,11H,1H3,(H2,10,16,17)(H,12,13,15). The number of amides is 1. The number of H-pyrrole nitrogens is 1. The second kappa shape index (κ2) is 4.27. The molecule has 8 nitrogen and oxygen atoms in total. The molecule has 2 aromatic rings. The van der Waals surface area contributed by atoms with Crippen molar-refractivity contribution < 1.29 is 13.2 Å². The molecule has 0 saturated heterocycles. The van der Waals surface area contributed by atoms with Crippen molar-refractivity contribution in [3.8, 4) is 0 Å². The second-order valence-corrected chi connectivity index (χ2v) is 5.13. The van der Waals surface area contributed by atoms with Crippen LogP contribution in [-0.4, -0.2) is 29.1 Å². The summed E-state index contributed by atoms with van der Waals surface area (Å²) in [6.07, 6.45) is 2.80. The summed E-state index contributed by atoms with van der Waals surface area (Å²) in [6.45, 7) is 0. The molecule has 0 fully saturated rings. The van der Waals surface area contributed by atoms with Gasteiger partial charge in [-0.05, 0) is 12.1 Å². The molecule has 1 amide bonds. The monoisotopic (exact) mass is 269 g/mol. The third-order valence-corrected chi connectivity index (χ3v) is 3.09. The van der Waals surface area contributed by atoms with Crippen LogP contribution >= 0.6 is 0 Å². The molecule has 0 aliphatic heterocycles. The van der Waals surface area contributed by atoms with E-state index < -0.39 is 15.9 Å². The van der Waals surface area contributed by atoms with Crippen LogP contribution in [0.2, 0.25) is 0 Å². The molecule has 0 radical (unpaired) electrons. The molecule has 0 unspecified atom stereocenters. The van der Waals surface area contributed by atoms with Crippen LogP contribution in [0.15, 0.2) is 29.4 Å². The van der Waals surface area contributed by atoms with E-state index in [0.29, 0.717) is 5.69 Å². The minimum atomic E-state index is -3.94. The smallest absolute Gasteiger partial charge is 0.273 e. The number of hydrogen-bond acceptors (Lipinski definition) is 4. The van der Waals surface area contributed by atoms with Crippen molar-refractivity contribution in [1.82, 2.24) is 14.8 Å². The predicted octanol–water partition coefficient (Wildman–Crippen LogP) is -0.352. The van der Waals surface area contributed by atoms with Gasteiger partial charge in [-0.25, -0.2) is 13.6 Å². The summed E-state index contributed by atoms with van der Waals surface area (Å²) in [7, 11) is -2.41. The lowest BCUT2D eigenvalue weighted by Gasteiger charge is -2.01. The molecule has 0 saturated carbocycles. The first kappa shape index (κ1) is 12.3. The SMILES string of the molecule is Cn1cc(S(N)(=O)=O)c(NC(=O)c2ccc[nH]2)n1. The van der Waals surface area contributed by atoms with E-state index in [0.717, 1.165) is 0 Å². The lowest BCUT2D eigenvalue weighted by molar-refractivity contribution is 0.102. The number of sulfonamides is 1. The molecular formula is C9H11N5O3S. The van der Waals surface area contributed by atoms with E-state index in [1.165, 1.54) is 17.9 Å². The summed E-state index contributed by atoms with van der Waals surface area (Å²) < 4.78 is 23.9. The van der Waals surface area contributed by atoms with Crippen LogP contribution in [0.1, 0.15) is 10.5 Å². The summed E-state index contributed by atoms with van der Waals surface area (Å²) in [5.41, 5.74) is 0.293. The Morgan fingerprint density at radius 3 is 2.83 bits per heavy atom. The average molecular weight is 269 g/mol. The number of hydrogen-bond donors (Lipinski definition) is 3. The maximum atomic E-state index is 11.7. The second-order valence-electron chi connectivity index (χ2n) is 3.60. The molecule has 9 heteroatoms. The third kappa shape index (κ3) is 2.41. The van der Waals surface area contributed by atoms with Gasteiger partial charge in [-0.3, -0.25) is 9.48 Å². The molecule has 0 aliphatic rings. The van der Waals surface area contributed by atoms with Crippen molar-refractivity contribution in [1.29, 1.82) is 0 Å². The van der Waals surface area contributed by atoms with Crippen LogP contribution in [0.5, 0.6) is 0 Å². The van der Waals surface area contributed by atoms with E-state index in [2.05, 4.69) is 15.4 Å². The Labute approximate surface area is 103 Å². The first-order chi connectivity index (χ1) is 8.38. The average Bonchev–Trinajstić information content (AvgIpc) is 2.85. The number of primary sulfonamides is 1. The third-order valence-electron chi connectivity index (χ3n) is 2.18. The zero-order chi connectivity index (χ0) is 13.3. The molecule has 96 valence electrons. The first-order valence-corrected chi connectivity index (χ1v) is 6.44. The fourth-order valence-corrected chi connectivity index (χ4v) is 2.07. The van der Waals surface area contributed by atoms with Crippen LogP contribution in [0, 0.1) is 0 Å². The molecule has 4 N–H and O–H groups in total. The van der Waals surface area contributed by atoms with Gasteiger partial charge in [0, 0.05) is 19.4 Å². The Morgan fingerprint density at radius 1 is 1.56 bits per heavy atom. The van der Waals surface area contributed by atoms with Gasteiger partial charge in [0.15, 0.2) is 5.82 Å². The number of carbonyl (C=O) groups is 1. The molecule has 18 heavy (non-hydrogen) atoms. The number of nitrogens with two attached hydrogens (primary N) is 1. The highest BCUT2D eigenvalue weighted by Crippen LogP contribution is 2.17. The first-order valence-electron chi connectivity index (χ1n) is 4.89. The molecule has 0 aromatic carbocycles. The van der Waals surface area contributed by atoms with Gasteiger partial charge in [0.2, 0.25) is 10.0 Å². The number of carbonyl (C=O) groups excluding carboxylic acids is 1. The highest BCUT2D eigenvalue weighted by molar-refractivity contribution is 7.89. The molecule has 2 aromatic heterocycles. The number of aromatic nitrogens is 3. The Kier molecular flexibility index (Phi) is 2.93. The maximum Gasteiger partial charge on any atom is 0.273 e. The zero-order valence-electron chi connectivity index (χ0n) is 9.41. The zero-order valence-corrected chi connectivity index (χ0v) is 10.2. The molecule has 2 heterocycles. The summed E-state index contributed by atoms with van der Waals surface area (Å²) in [5, 5.41) is 11.2. The fourth-order valence-electron chi connectivity index (χ4n) is 1.41. The van der Waals surface area contributed by atoms with Crippen LogP contribution in [0.3, 0.4) is 0 Å². The Hall–Kier alpha value is -2.13. The van der Waals surface area contributed by atoms with Crippen molar-refractivity contribution >= 4 is 21.7 Å². The lowest BCUT2D eigenvalue weighted by atomic mass is 10.4. The Balaban J connectivity index is 2.33. The molecule has 0 spiro atoms. The number of rotatable bonds is 3. The molecular weight excluding hydrogens is 258 g/mol. The maximum absolute atomic E-state index is 11.7. The van der Waals surface area contributed by atoms with Crippen molar-refractivity contribution in [3.05, 3.63) is 30.2 Å². The van der Waals surface area contributed by atoms with Crippen LogP contribution in [-0.2, 0) is 17.1 Å². The van der Waals surface area contributed by atoms with Gasteiger partial charge in [-0.2, -0.15) is 5.10 Å². The van der Waals surface area contributed by atoms with Crippen molar-refractivity contribution in [2.45, 2.75) is 4.90 Å².